The van der Waals surface area contributed by atoms with Crippen LogP contribution in [0.25, 0.3) is 0 Å². The van der Waals surface area contributed by atoms with Crippen molar-refractivity contribution in [2.75, 3.05) is 20.2 Å². The van der Waals surface area contributed by atoms with Gasteiger partial charge in [-0.25, -0.2) is 9.59 Å². The Morgan fingerprint density at radius 2 is 2.05 bits per heavy atom. The van der Waals surface area contributed by atoms with Gasteiger partial charge in [0, 0.05) is 12.6 Å². The molecule has 1 fully saturated rings. The lowest BCUT2D eigenvalue weighted by atomic mass is 10.2. The normalized spacial score (nSPS) is 18.5. The number of ether oxygens (including phenoxy) is 1. The maximum Gasteiger partial charge on any atom is 0.326 e. The van der Waals surface area contributed by atoms with Gasteiger partial charge in [0.2, 0.25) is 0 Å². The third kappa shape index (κ3) is 3.59. The molecule has 1 aliphatic rings. The fourth-order valence-electron chi connectivity index (χ4n) is 2.09. The quantitative estimate of drug-likeness (QED) is 0.755. The summed E-state index contributed by atoms with van der Waals surface area (Å²) >= 11 is 0. The van der Waals surface area contributed by atoms with Gasteiger partial charge in [-0.1, -0.05) is 0 Å². The highest BCUT2D eigenvalue weighted by molar-refractivity contribution is 5.86. The van der Waals surface area contributed by atoms with E-state index in [1.54, 1.807) is 13.8 Å². The maximum absolute atomic E-state index is 12.3. The Kier molecular flexibility index (Phi) is 5.14. The van der Waals surface area contributed by atoms with Crippen LogP contribution in [0.5, 0.6) is 0 Å². The van der Waals surface area contributed by atoms with Crippen LogP contribution < -0.4 is 0 Å². The van der Waals surface area contributed by atoms with Crippen molar-refractivity contribution in [3.05, 3.63) is 0 Å². The number of hydrogen-bond donors (Lipinski definition) is 1. The number of esters is 1. The highest BCUT2D eigenvalue weighted by Crippen LogP contribution is 2.20. The second kappa shape index (κ2) is 6.40. The number of urea groups is 1. The summed E-state index contributed by atoms with van der Waals surface area (Å²) in [5.41, 5.74) is 0. The molecular weight excluding hydrogens is 252 g/mol. The number of likely N-dealkylation sites (tertiary alicyclic amines) is 1. The zero-order chi connectivity index (χ0) is 14.6. The number of carbonyl (C=O) groups excluding carboxylic acids is 2. The summed E-state index contributed by atoms with van der Waals surface area (Å²) in [6.07, 6.45) is 1.11. The van der Waals surface area contributed by atoms with Crippen LogP contribution in [0.4, 0.5) is 4.79 Å². The summed E-state index contributed by atoms with van der Waals surface area (Å²) in [6.45, 7) is 3.77. The average molecular weight is 272 g/mol. The summed E-state index contributed by atoms with van der Waals surface area (Å²) in [5, 5.41) is 9.08. The van der Waals surface area contributed by atoms with Crippen molar-refractivity contribution < 1.29 is 24.2 Å². The molecule has 0 spiro atoms. The van der Waals surface area contributed by atoms with E-state index in [1.165, 1.54) is 16.9 Å². The van der Waals surface area contributed by atoms with Crippen LogP contribution in [0.1, 0.15) is 26.7 Å². The first-order valence-corrected chi connectivity index (χ1v) is 6.25. The second-order valence-electron chi connectivity index (χ2n) is 4.77. The van der Waals surface area contributed by atoms with Gasteiger partial charge >= 0.3 is 18.0 Å². The van der Waals surface area contributed by atoms with Gasteiger partial charge < -0.3 is 19.6 Å². The van der Waals surface area contributed by atoms with Crippen LogP contribution in [-0.4, -0.2) is 65.2 Å². The van der Waals surface area contributed by atoms with Crippen molar-refractivity contribution in [1.29, 1.82) is 0 Å². The van der Waals surface area contributed by atoms with Gasteiger partial charge in [-0.3, -0.25) is 4.79 Å². The molecule has 1 aliphatic heterocycles. The summed E-state index contributed by atoms with van der Waals surface area (Å²) in [4.78, 5) is 37.4. The van der Waals surface area contributed by atoms with Crippen LogP contribution in [0, 0.1) is 0 Å². The molecule has 0 aromatic heterocycles. The number of nitrogens with zero attached hydrogens (tertiary/aromatic N) is 2. The Bertz CT molecular complexity index is 369. The van der Waals surface area contributed by atoms with E-state index in [2.05, 4.69) is 4.74 Å². The van der Waals surface area contributed by atoms with E-state index in [0.29, 0.717) is 19.4 Å². The van der Waals surface area contributed by atoms with Crippen molar-refractivity contribution in [3.8, 4) is 0 Å². The van der Waals surface area contributed by atoms with E-state index in [1.807, 2.05) is 0 Å². The molecule has 1 heterocycles. The summed E-state index contributed by atoms with van der Waals surface area (Å²) in [6, 6.07) is -1.43. The summed E-state index contributed by atoms with van der Waals surface area (Å²) in [5.74, 6) is -1.53. The van der Waals surface area contributed by atoms with Crippen molar-refractivity contribution in [3.63, 3.8) is 0 Å². The maximum atomic E-state index is 12.3. The summed E-state index contributed by atoms with van der Waals surface area (Å²) in [7, 11) is 1.25. The number of rotatable bonds is 4. The highest BCUT2D eigenvalue weighted by Gasteiger charge is 2.37. The fourth-order valence-corrected chi connectivity index (χ4v) is 2.09. The van der Waals surface area contributed by atoms with E-state index in [-0.39, 0.29) is 12.6 Å². The largest absolute Gasteiger partial charge is 0.480 e. The predicted octanol–water partition coefficient (Wildman–Crippen LogP) is 0.539. The first-order chi connectivity index (χ1) is 8.88. The molecule has 0 radical (unpaired) electrons. The first kappa shape index (κ1) is 15.3. The third-order valence-electron chi connectivity index (χ3n) is 3.18. The van der Waals surface area contributed by atoms with Crippen LogP contribution in [0.3, 0.4) is 0 Å². The van der Waals surface area contributed by atoms with Crippen LogP contribution in [0.15, 0.2) is 0 Å². The zero-order valence-electron chi connectivity index (χ0n) is 11.5. The molecule has 1 N–H and O–H groups in total. The Morgan fingerprint density at radius 1 is 1.42 bits per heavy atom. The number of carboxylic acids is 1. The van der Waals surface area contributed by atoms with Gasteiger partial charge in [0.15, 0.2) is 0 Å². The lowest BCUT2D eigenvalue weighted by Gasteiger charge is -2.32. The topological polar surface area (TPSA) is 87.2 Å². The Labute approximate surface area is 112 Å². The highest BCUT2D eigenvalue weighted by atomic mass is 16.5. The first-order valence-electron chi connectivity index (χ1n) is 6.25. The van der Waals surface area contributed by atoms with E-state index < -0.39 is 24.0 Å². The molecule has 1 saturated heterocycles. The van der Waals surface area contributed by atoms with Crippen LogP contribution in [0.2, 0.25) is 0 Å². The molecule has 7 heteroatoms. The van der Waals surface area contributed by atoms with Gasteiger partial charge in [0.25, 0.3) is 0 Å². The molecule has 19 heavy (non-hydrogen) atoms. The lowest BCUT2D eigenvalue weighted by molar-refractivity contribution is -0.142. The fraction of sp³-hybridized carbons (Fsp3) is 0.750. The Balaban J connectivity index is 2.81. The Hall–Kier alpha value is -1.79. The van der Waals surface area contributed by atoms with Gasteiger partial charge in [-0.15, -0.1) is 0 Å². The van der Waals surface area contributed by atoms with E-state index in [0.717, 1.165) is 0 Å². The molecule has 2 amide bonds. The van der Waals surface area contributed by atoms with Crippen LogP contribution in [-0.2, 0) is 14.3 Å². The zero-order valence-corrected chi connectivity index (χ0v) is 11.5. The number of carbonyl (C=O) groups is 3. The Morgan fingerprint density at radius 3 is 2.53 bits per heavy atom. The molecule has 0 unspecified atom stereocenters. The monoisotopic (exact) mass is 272 g/mol. The van der Waals surface area contributed by atoms with Crippen molar-refractivity contribution >= 4 is 18.0 Å². The molecular formula is C12H20N2O5. The smallest absolute Gasteiger partial charge is 0.326 e. The predicted molar refractivity (Wildman–Crippen MR) is 66.6 cm³/mol. The van der Waals surface area contributed by atoms with Crippen LogP contribution >= 0.6 is 0 Å². The third-order valence-corrected chi connectivity index (χ3v) is 3.18. The summed E-state index contributed by atoms with van der Waals surface area (Å²) < 4.78 is 4.55. The number of carboxylic acid groups (broad SMARTS) is 1. The van der Waals surface area contributed by atoms with Gasteiger partial charge in [-0.2, -0.15) is 0 Å². The molecule has 0 aromatic carbocycles. The molecule has 0 saturated carbocycles. The van der Waals surface area contributed by atoms with Gasteiger partial charge in [-0.05, 0) is 26.7 Å². The van der Waals surface area contributed by atoms with Crippen molar-refractivity contribution in [2.45, 2.75) is 38.8 Å². The number of methoxy groups -OCH3 is 1. The SMILES string of the molecule is COC(=O)CN(C(=O)N1CCC[C@@H]1C(=O)O)C(C)C. The average Bonchev–Trinajstić information content (AvgIpc) is 2.83. The van der Waals surface area contributed by atoms with Crippen molar-refractivity contribution in [2.24, 2.45) is 0 Å². The van der Waals surface area contributed by atoms with Crippen molar-refractivity contribution in [1.82, 2.24) is 9.80 Å². The minimum absolute atomic E-state index is 0.171. The second-order valence-corrected chi connectivity index (χ2v) is 4.77. The van der Waals surface area contributed by atoms with E-state index in [9.17, 15) is 14.4 Å². The minimum atomic E-state index is -1.01. The van der Waals surface area contributed by atoms with Gasteiger partial charge in [0.05, 0.1) is 7.11 Å². The molecule has 0 aliphatic carbocycles. The number of aliphatic carboxylic acids is 1. The molecule has 1 atom stereocenters. The standard InChI is InChI=1S/C12H20N2O5/c1-8(2)14(7-10(15)19-3)12(18)13-6-4-5-9(13)11(16)17/h8-9H,4-7H2,1-3H3,(H,16,17)/t9-/m1/s1. The molecule has 0 aromatic rings. The molecule has 108 valence electrons. The molecule has 0 bridgehead atoms. The molecule has 7 nitrogen and oxygen atoms in total. The minimum Gasteiger partial charge on any atom is -0.480 e. The lowest BCUT2D eigenvalue weighted by Crippen LogP contribution is -2.51. The number of hydrogen-bond acceptors (Lipinski definition) is 4. The van der Waals surface area contributed by atoms with E-state index >= 15 is 0 Å². The number of amides is 2. The van der Waals surface area contributed by atoms with E-state index in [4.69, 9.17) is 5.11 Å². The molecule has 1 rings (SSSR count). The van der Waals surface area contributed by atoms with Gasteiger partial charge in [0.1, 0.15) is 12.6 Å².